The number of aliphatic hydroxyl groups excluding tert-OH is 1. The number of aliphatic hydroxyl groups is 1. The lowest BCUT2D eigenvalue weighted by molar-refractivity contribution is 0.0669. The van der Waals surface area contributed by atoms with Crippen molar-refractivity contribution in [3.63, 3.8) is 0 Å². The molecular weight excluding hydrogens is 154 g/mol. The Bertz CT molecular complexity index is 160. The molecule has 0 aromatic rings. The predicted octanol–water partition coefficient (Wildman–Crippen LogP) is -0.0725. The second-order valence-electron chi connectivity index (χ2n) is 3.87. The van der Waals surface area contributed by atoms with Crippen LogP contribution in [0.3, 0.4) is 0 Å². The van der Waals surface area contributed by atoms with Crippen LogP contribution in [0.2, 0.25) is 0 Å². The molecule has 4 nitrogen and oxygen atoms in total. The van der Waals surface area contributed by atoms with E-state index in [2.05, 4.69) is 10.3 Å². The number of nitrogens with one attached hydrogen (secondary N) is 1. The van der Waals surface area contributed by atoms with E-state index in [4.69, 9.17) is 5.73 Å². The van der Waals surface area contributed by atoms with Crippen molar-refractivity contribution in [2.75, 3.05) is 13.6 Å². The first kappa shape index (κ1) is 11.2. The number of rotatable bonds is 2. The summed E-state index contributed by atoms with van der Waals surface area (Å²) in [6.07, 6.45) is -0.419. The summed E-state index contributed by atoms with van der Waals surface area (Å²) >= 11 is 0. The molecule has 0 aliphatic rings. The number of hydrogen-bond acceptors (Lipinski definition) is 2. The molecular formula is C8H19N3O. The van der Waals surface area contributed by atoms with E-state index in [-0.39, 0.29) is 5.41 Å². The lowest BCUT2D eigenvalue weighted by Crippen LogP contribution is -2.42. The van der Waals surface area contributed by atoms with Gasteiger partial charge in [-0.15, -0.1) is 0 Å². The van der Waals surface area contributed by atoms with Crippen LogP contribution in [0.1, 0.15) is 20.8 Å². The minimum atomic E-state index is -0.419. The third-order valence-corrected chi connectivity index (χ3v) is 1.72. The smallest absolute Gasteiger partial charge is 0.188 e. The highest BCUT2D eigenvalue weighted by atomic mass is 16.3. The van der Waals surface area contributed by atoms with Gasteiger partial charge in [-0.05, 0) is 5.41 Å². The van der Waals surface area contributed by atoms with Gasteiger partial charge in [0.2, 0.25) is 0 Å². The molecule has 0 rings (SSSR count). The second-order valence-corrected chi connectivity index (χ2v) is 3.87. The molecule has 0 bridgehead atoms. The van der Waals surface area contributed by atoms with E-state index in [9.17, 15) is 5.11 Å². The van der Waals surface area contributed by atoms with Crippen molar-refractivity contribution in [1.82, 2.24) is 5.32 Å². The number of nitrogens with two attached hydrogens (primary N) is 1. The molecule has 0 aromatic carbocycles. The van der Waals surface area contributed by atoms with Crippen molar-refractivity contribution in [2.45, 2.75) is 26.9 Å². The van der Waals surface area contributed by atoms with Gasteiger partial charge in [0.25, 0.3) is 0 Å². The summed E-state index contributed by atoms with van der Waals surface area (Å²) in [4.78, 5) is 3.71. The highest BCUT2D eigenvalue weighted by Gasteiger charge is 2.21. The molecule has 0 amide bonds. The monoisotopic (exact) mass is 173 g/mol. The molecule has 0 aliphatic heterocycles. The first-order valence-electron chi connectivity index (χ1n) is 4.02. The van der Waals surface area contributed by atoms with Gasteiger partial charge in [-0.2, -0.15) is 0 Å². The standard InChI is InChI=1S/C8H19N3O/c1-8(2,3)6(12)5-11-7(9)10-4/h6,12H,5H2,1-4H3,(H3,9,10,11). The minimum Gasteiger partial charge on any atom is -0.391 e. The van der Waals surface area contributed by atoms with Gasteiger partial charge in [0, 0.05) is 13.6 Å². The Balaban J connectivity index is 3.80. The normalized spacial score (nSPS) is 15.9. The van der Waals surface area contributed by atoms with E-state index in [0.717, 1.165) is 0 Å². The zero-order valence-electron chi connectivity index (χ0n) is 8.26. The van der Waals surface area contributed by atoms with Crippen molar-refractivity contribution < 1.29 is 5.11 Å². The van der Waals surface area contributed by atoms with Crippen LogP contribution in [-0.2, 0) is 0 Å². The zero-order valence-corrected chi connectivity index (χ0v) is 8.26. The molecule has 0 radical (unpaired) electrons. The fourth-order valence-corrected chi connectivity index (χ4v) is 0.586. The van der Waals surface area contributed by atoms with E-state index in [0.29, 0.717) is 12.5 Å². The predicted molar refractivity (Wildman–Crippen MR) is 51.0 cm³/mol. The summed E-state index contributed by atoms with van der Waals surface area (Å²) in [5.74, 6) is 0.360. The quantitative estimate of drug-likeness (QED) is 0.404. The summed E-state index contributed by atoms with van der Waals surface area (Å²) in [6.45, 7) is 6.35. The van der Waals surface area contributed by atoms with Crippen LogP contribution in [0.4, 0.5) is 0 Å². The fourth-order valence-electron chi connectivity index (χ4n) is 0.586. The summed E-state index contributed by atoms with van der Waals surface area (Å²) < 4.78 is 0. The molecule has 1 unspecified atom stereocenters. The third-order valence-electron chi connectivity index (χ3n) is 1.72. The maximum atomic E-state index is 9.56. The zero-order chi connectivity index (χ0) is 9.78. The van der Waals surface area contributed by atoms with Gasteiger partial charge >= 0.3 is 0 Å². The van der Waals surface area contributed by atoms with Crippen molar-refractivity contribution in [2.24, 2.45) is 16.1 Å². The fraction of sp³-hybridized carbons (Fsp3) is 0.875. The Labute approximate surface area is 73.9 Å². The second kappa shape index (κ2) is 4.30. The maximum Gasteiger partial charge on any atom is 0.188 e. The number of guanidine groups is 1. The van der Waals surface area contributed by atoms with Crippen molar-refractivity contribution >= 4 is 5.96 Å². The van der Waals surface area contributed by atoms with Crippen molar-refractivity contribution in [1.29, 1.82) is 0 Å². The summed E-state index contributed by atoms with van der Waals surface area (Å²) in [6, 6.07) is 0. The van der Waals surface area contributed by atoms with E-state index < -0.39 is 6.10 Å². The van der Waals surface area contributed by atoms with Crippen LogP contribution in [0.5, 0.6) is 0 Å². The molecule has 0 aromatic heterocycles. The van der Waals surface area contributed by atoms with Gasteiger partial charge in [-0.3, -0.25) is 4.99 Å². The van der Waals surface area contributed by atoms with Crippen LogP contribution in [0.25, 0.3) is 0 Å². The molecule has 4 N–H and O–H groups in total. The van der Waals surface area contributed by atoms with E-state index in [1.165, 1.54) is 0 Å². The highest BCUT2D eigenvalue weighted by molar-refractivity contribution is 5.77. The van der Waals surface area contributed by atoms with Crippen LogP contribution >= 0.6 is 0 Å². The van der Waals surface area contributed by atoms with E-state index >= 15 is 0 Å². The average molecular weight is 173 g/mol. The van der Waals surface area contributed by atoms with Crippen molar-refractivity contribution in [3.8, 4) is 0 Å². The maximum absolute atomic E-state index is 9.56. The Morgan fingerprint density at radius 3 is 2.42 bits per heavy atom. The Morgan fingerprint density at radius 2 is 2.08 bits per heavy atom. The first-order chi connectivity index (χ1) is 5.38. The average Bonchev–Trinajstić information content (AvgIpc) is 1.97. The van der Waals surface area contributed by atoms with Crippen LogP contribution in [0, 0.1) is 5.41 Å². The molecule has 0 fully saturated rings. The number of nitrogens with zero attached hydrogens (tertiary/aromatic N) is 1. The molecule has 4 heteroatoms. The molecule has 0 spiro atoms. The SMILES string of the molecule is CN=C(N)NCC(O)C(C)(C)C. The number of hydrogen-bond donors (Lipinski definition) is 3. The largest absolute Gasteiger partial charge is 0.391 e. The summed E-state index contributed by atoms with van der Waals surface area (Å²) in [7, 11) is 1.60. The summed E-state index contributed by atoms with van der Waals surface area (Å²) in [5, 5.41) is 12.4. The van der Waals surface area contributed by atoms with Gasteiger partial charge in [-0.25, -0.2) is 0 Å². The Hall–Kier alpha value is -0.770. The molecule has 1 atom stereocenters. The van der Waals surface area contributed by atoms with Crippen LogP contribution in [0.15, 0.2) is 4.99 Å². The molecule has 12 heavy (non-hydrogen) atoms. The Morgan fingerprint density at radius 1 is 1.58 bits per heavy atom. The third kappa shape index (κ3) is 4.18. The van der Waals surface area contributed by atoms with Gasteiger partial charge in [-0.1, -0.05) is 20.8 Å². The van der Waals surface area contributed by atoms with E-state index in [1.807, 2.05) is 20.8 Å². The summed E-state index contributed by atoms with van der Waals surface area (Å²) in [5.41, 5.74) is 5.27. The van der Waals surface area contributed by atoms with Crippen LogP contribution in [-0.4, -0.2) is 30.8 Å². The molecule has 0 saturated heterocycles. The highest BCUT2D eigenvalue weighted by Crippen LogP contribution is 2.17. The lowest BCUT2D eigenvalue weighted by Gasteiger charge is -2.25. The molecule has 0 aliphatic carbocycles. The van der Waals surface area contributed by atoms with Gasteiger partial charge < -0.3 is 16.2 Å². The van der Waals surface area contributed by atoms with Gasteiger partial charge in [0.15, 0.2) is 5.96 Å². The number of aliphatic imine (C=N–C) groups is 1. The topological polar surface area (TPSA) is 70.6 Å². The minimum absolute atomic E-state index is 0.124. The van der Waals surface area contributed by atoms with Crippen molar-refractivity contribution in [3.05, 3.63) is 0 Å². The van der Waals surface area contributed by atoms with Gasteiger partial charge in [0.05, 0.1) is 6.10 Å². The molecule has 0 heterocycles. The van der Waals surface area contributed by atoms with Gasteiger partial charge in [0.1, 0.15) is 0 Å². The van der Waals surface area contributed by atoms with Crippen LogP contribution < -0.4 is 11.1 Å². The Kier molecular flexibility index (Phi) is 4.03. The van der Waals surface area contributed by atoms with E-state index in [1.54, 1.807) is 7.05 Å². The molecule has 0 saturated carbocycles. The molecule has 72 valence electrons. The first-order valence-corrected chi connectivity index (χ1v) is 4.02. The lowest BCUT2D eigenvalue weighted by atomic mass is 9.89.